The van der Waals surface area contributed by atoms with Gasteiger partial charge < -0.3 is 4.42 Å². The van der Waals surface area contributed by atoms with E-state index in [1.807, 2.05) is 30.3 Å². The number of aryl methyl sites for hydroxylation is 1. The first kappa shape index (κ1) is 23.4. The van der Waals surface area contributed by atoms with Crippen molar-refractivity contribution < 1.29 is 17.8 Å². The number of nitrogens with one attached hydrogen (secondary N) is 1. The molecule has 1 aliphatic carbocycles. The summed E-state index contributed by atoms with van der Waals surface area (Å²) in [7, 11) is -4.06. The molecule has 1 atom stereocenters. The highest BCUT2D eigenvalue weighted by molar-refractivity contribution is 7.92. The Kier molecular flexibility index (Phi) is 5.59. The Morgan fingerprint density at radius 2 is 1.83 bits per heavy atom. The predicted molar refractivity (Wildman–Crippen MR) is 137 cm³/mol. The number of nitrogens with zero attached hydrogens (tertiary/aromatic N) is 1. The number of nitro groups is 1. The second-order valence-electron chi connectivity index (χ2n) is 9.99. The van der Waals surface area contributed by atoms with Gasteiger partial charge >= 0.3 is 0 Å². The van der Waals surface area contributed by atoms with Crippen LogP contribution in [0.1, 0.15) is 44.9 Å². The van der Waals surface area contributed by atoms with Crippen LogP contribution < -0.4 is 4.72 Å². The summed E-state index contributed by atoms with van der Waals surface area (Å²) in [6.07, 6.45) is 3.90. The van der Waals surface area contributed by atoms with E-state index in [9.17, 15) is 18.5 Å². The molecule has 3 aromatic carbocycles. The molecule has 5 rings (SSSR count). The van der Waals surface area contributed by atoms with Gasteiger partial charge in [-0.2, -0.15) is 0 Å². The minimum absolute atomic E-state index is 0.158. The minimum Gasteiger partial charge on any atom is -0.460 e. The van der Waals surface area contributed by atoms with E-state index in [1.165, 1.54) is 18.2 Å². The van der Waals surface area contributed by atoms with E-state index in [-0.39, 0.29) is 16.0 Å². The lowest BCUT2D eigenvalue weighted by Crippen LogP contribution is -2.28. The van der Waals surface area contributed by atoms with E-state index >= 15 is 0 Å². The van der Waals surface area contributed by atoms with Crippen LogP contribution in [0, 0.1) is 21.4 Å². The normalized spacial score (nSPS) is 16.4. The third-order valence-electron chi connectivity index (χ3n) is 7.65. The maximum atomic E-state index is 13.2. The molecule has 1 heterocycles. The van der Waals surface area contributed by atoms with Crippen LogP contribution in [0.15, 0.2) is 63.9 Å². The first-order chi connectivity index (χ1) is 16.6. The predicted octanol–water partition coefficient (Wildman–Crippen LogP) is 6.84. The van der Waals surface area contributed by atoms with Gasteiger partial charge in [-0.3, -0.25) is 14.8 Å². The lowest BCUT2D eigenvalue weighted by Gasteiger charge is -2.36. The van der Waals surface area contributed by atoms with Crippen molar-refractivity contribution in [1.29, 1.82) is 0 Å². The third-order valence-corrected chi connectivity index (χ3v) is 9.02. The molecule has 0 spiro atoms. The highest BCUT2D eigenvalue weighted by atomic mass is 32.2. The molecule has 0 amide bonds. The van der Waals surface area contributed by atoms with Crippen LogP contribution in [-0.2, 0) is 22.9 Å². The Morgan fingerprint density at radius 3 is 2.54 bits per heavy atom. The molecule has 1 N–H and O–H groups in total. The van der Waals surface area contributed by atoms with Crippen LogP contribution in [0.4, 0.5) is 11.4 Å². The summed E-state index contributed by atoms with van der Waals surface area (Å²) in [5, 5.41) is 13.6. The first-order valence-corrected chi connectivity index (χ1v) is 13.3. The van der Waals surface area contributed by atoms with E-state index in [0.29, 0.717) is 17.0 Å². The Bertz CT molecular complexity index is 1570. The molecule has 0 aliphatic heterocycles. The van der Waals surface area contributed by atoms with Crippen LogP contribution >= 0.6 is 0 Å². The Hall–Kier alpha value is -3.39. The van der Waals surface area contributed by atoms with Crippen molar-refractivity contribution in [1.82, 2.24) is 0 Å². The van der Waals surface area contributed by atoms with Crippen molar-refractivity contribution in [3.63, 3.8) is 0 Å². The number of hydrogen-bond donors (Lipinski definition) is 1. The molecule has 35 heavy (non-hydrogen) atoms. The molecule has 4 aromatic rings. The summed E-state index contributed by atoms with van der Waals surface area (Å²) in [6, 6.07) is 14.5. The quantitative estimate of drug-likeness (QED) is 0.235. The molecule has 1 aliphatic rings. The lowest BCUT2D eigenvalue weighted by molar-refractivity contribution is -0.385. The van der Waals surface area contributed by atoms with Gasteiger partial charge in [0.05, 0.1) is 15.5 Å². The van der Waals surface area contributed by atoms with Gasteiger partial charge in [0.25, 0.3) is 15.7 Å². The average Bonchev–Trinajstić information content (AvgIpc) is 3.22. The van der Waals surface area contributed by atoms with Crippen molar-refractivity contribution in [3.8, 4) is 0 Å². The van der Waals surface area contributed by atoms with E-state index in [1.54, 1.807) is 0 Å². The largest absolute Gasteiger partial charge is 0.460 e. The summed E-state index contributed by atoms with van der Waals surface area (Å²) in [4.78, 5) is 10.4. The Labute approximate surface area is 204 Å². The Balaban J connectivity index is 1.64. The van der Waals surface area contributed by atoms with Crippen molar-refractivity contribution in [2.24, 2.45) is 11.3 Å². The summed E-state index contributed by atoms with van der Waals surface area (Å²) in [6.45, 7) is 6.83. The zero-order valence-electron chi connectivity index (χ0n) is 20.0. The van der Waals surface area contributed by atoms with Crippen molar-refractivity contribution in [2.75, 3.05) is 4.72 Å². The number of anilines is 1. The third kappa shape index (κ3) is 4.05. The zero-order chi connectivity index (χ0) is 25.0. The molecular formula is C27H28N2O5S. The summed E-state index contributed by atoms with van der Waals surface area (Å²) in [5.41, 5.74) is 2.28. The minimum atomic E-state index is -4.06. The molecule has 0 saturated carbocycles. The number of nitro benzene ring substituents is 1. The smallest absolute Gasteiger partial charge is 0.270 e. The fraction of sp³-hybridized carbons (Fsp3) is 0.333. The molecule has 0 saturated heterocycles. The first-order valence-electron chi connectivity index (χ1n) is 11.8. The maximum Gasteiger partial charge on any atom is 0.270 e. The van der Waals surface area contributed by atoms with Gasteiger partial charge in [0.2, 0.25) is 0 Å². The fourth-order valence-electron chi connectivity index (χ4n) is 5.11. The molecule has 7 nitrogen and oxygen atoms in total. The van der Waals surface area contributed by atoms with Crippen LogP contribution in [0.3, 0.4) is 0 Å². The Morgan fingerprint density at radius 1 is 1.09 bits per heavy atom. The van der Waals surface area contributed by atoms with E-state index in [4.69, 9.17) is 4.42 Å². The van der Waals surface area contributed by atoms with E-state index in [2.05, 4.69) is 25.5 Å². The number of furan rings is 1. The zero-order valence-corrected chi connectivity index (χ0v) is 20.8. The van der Waals surface area contributed by atoms with Gasteiger partial charge in [0.1, 0.15) is 11.3 Å². The van der Waals surface area contributed by atoms with Crippen LogP contribution in [-0.4, -0.2) is 13.3 Å². The monoisotopic (exact) mass is 492 g/mol. The lowest BCUT2D eigenvalue weighted by atomic mass is 9.69. The van der Waals surface area contributed by atoms with Crippen molar-refractivity contribution in [3.05, 3.63) is 76.0 Å². The number of non-ortho nitro benzene ring substituents is 1. The molecule has 1 unspecified atom stereocenters. The van der Waals surface area contributed by atoms with Gasteiger partial charge in [0, 0.05) is 40.3 Å². The van der Waals surface area contributed by atoms with Gasteiger partial charge in [-0.05, 0) is 36.3 Å². The van der Waals surface area contributed by atoms with Crippen LogP contribution in [0.5, 0.6) is 0 Å². The average molecular weight is 493 g/mol. The number of benzene rings is 3. The molecule has 8 heteroatoms. The molecule has 0 bridgehead atoms. The summed E-state index contributed by atoms with van der Waals surface area (Å²) >= 11 is 0. The second-order valence-corrected chi connectivity index (χ2v) is 11.7. The van der Waals surface area contributed by atoms with E-state index in [0.717, 1.165) is 59.4 Å². The molecule has 0 radical (unpaired) electrons. The maximum absolute atomic E-state index is 13.2. The standard InChI is InChI=1S/C27H28N2O5S/c1-4-27(2,3)17-12-13-25-22(14-17)23-16-24(20-10-5-6-11-21(20)26(23)34-25)28-35(32,33)19-9-7-8-18(15-19)29(30)31/h5-11,15-17,28H,4,12-14H2,1-3H3. The van der Waals surface area contributed by atoms with Crippen LogP contribution in [0.25, 0.3) is 21.7 Å². The SMILES string of the molecule is CCC(C)(C)C1CCc2oc3c(cc(NS(=O)(=O)c4cccc([N+](=O)[O-])c4)c4ccccc43)c2C1. The van der Waals surface area contributed by atoms with Crippen molar-refractivity contribution in [2.45, 2.75) is 51.3 Å². The number of fused-ring (bicyclic) bond motifs is 5. The molecule has 182 valence electrons. The molecule has 0 fully saturated rings. The van der Waals surface area contributed by atoms with Crippen molar-refractivity contribution >= 4 is 43.1 Å². The van der Waals surface area contributed by atoms with Gasteiger partial charge in [0.15, 0.2) is 0 Å². The van der Waals surface area contributed by atoms with E-state index < -0.39 is 14.9 Å². The topological polar surface area (TPSA) is 102 Å². The molecule has 1 aromatic heterocycles. The fourth-order valence-corrected chi connectivity index (χ4v) is 6.22. The van der Waals surface area contributed by atoms with Gasteiger partial charge in [-0.1, -0.05) is 57.5 Å². The number of hydrogen-bond acceptors (Lipinski definition) is 5. The highest BCUT2D eigenvalue weighted by Crippen LogP contribution is 2.45. The molecular weight excluding hydrogens is 464 g/mol. The summed E-state index contributed by atoms with van der Waals surface area (Å²) < 4.78 is 35.5. The van der Waals surface area contributed by atoms with Gasteiger partial charge in [-0.25, -0.2) is 8.42 Å². The van der Waals surface area contributed by atoms with Crippen LogP contribution in [0.2, 0.25) is 0 Å². The number of sulfonamides is 1. The van der Waals surface area contributed by atoms with Gasteiger partial charge in [-0.15, -0.1) is 0 Å². The number of rotatable bonds is 6. The highest BCUT2D eigenvalue weighted by Gasteiger charge is 2.34. The summed E-state index contributed by atoms with van der Waals surface area (Å²) in [5.74, 6) is 1.49. The second kappa shape index (κ2) is 8.37.